The van der Waals surface area contributed by atoms with Crippen LogP contribution in [0.25, 0.3) is 0 Å². The van der Waals surface area contributed by atoms with Crippen molar-refractivity contribution < 1.29 is 15.5 Å². The molecule has 2 aromatic rings. The number of hydrogen-bond donors (Lipinski definition) is 3. The van der Waals surface area contributed by atoms with E-state index in [-0.39, 0.29) is 6.03 Å². The molecule has 0 heterocycles. The van der Waals surface area contributed by atoms with Crippen molar-refractivity contribution in [2.24, 2.45) is 0 Å². The van der Waals surface area contributed by atoms with Crippen molar-refractivity contribution in [3.05, 3.63) is 65.7 Å². The predicted molar refractivity (Wildman–Crippen MR) is 94.8 cm³/mol. The molecule has 2 aromatic carbocycles. The van der Waals surface area contributed by atoms with Crippen LogP contribution in [0.1, 0.15) is 11.1 Å². The van der Waals surface area contributed by atoms with Crippen molar-refractivity contribution in [3.8, 4) is 5.75 Å². The highest BCUT2D eigenvalue weighted by Gasteiger charge is 2.07. The van der Waals surface area contributed by atoms with Crippen LogP contribution in [-0.4, -0.2) is 6.03 Å². The first-order chi connectivity index (χ1) is 11.0. The SMILES string of the molecule is C=C.Cc1ccc(NC(=O)Nc2ccc(Cl)c(O[NH3+])c2)cc1C. The van der Waals surface area contributed by atoms with Gasteiger partial charge in [0.15, 0.2) is 0 Å². The number of anilines is 2. The molecule has 0 aliphatic carbocycles. The van der Waals surface area contributed by atoms with E-state index < -0.39 is 0 Å². The molecule has 0 spiro atoms. The van der Waals surface area contributed by atoms with Gasteiger partial charge >= 0.3 is 6.03 Å². The number of nitrogens with one attached hydrogen (secondary N) is 2. The molecule has 0 aliphatic rings. The Morgan fingerprint density at radius 1 is 1.04 bits per heavy atom. The highest BCUT2D eigenvalue weighted by molar-refractivity contribution is 6.32. The summed E-state index contributed by atoms with van der Waals surface area (Å²) in [6.07, 6.45) is 0. The van der Waals surface area contributed by atoms with Crippen molar-refractivity contribution in [2.45, 2.75) is 13.8 Å². The number of benzene rings is 2. The predicted octanol–water partition coefficient (Wildman–Crippen LogP) is 3.94. The lowest BCUT2D eigenvalue weighted by Crippen LogP contribution is -2.53. The normalized spacial score (nSPS) is 9.39. The number of halogens is 1. The zero-order valence-corrected chi connectivity index (χ0v) is 14.0. The van der Waals surface area contributed by atoms with Crippen molar-refractivity contribution in [2.75, 3.05) is 10.6 Å². The molecule has 0 bridgehead atoms. The fraction of sp³-hybridized carbons (Fsp3) is 0.118. The minimum absolute atomic E-state index is 0.337. The number of carbonyl (C=O) groups is 1. The van der Waals surface area contributed by atoms with Gasteiger partial charge in [0.25, 0.3) is 0 Å². The summed E-state index contributed by atoms with van der Waals surface area (Å²) >= 11 is 5.90. The van der Waals surface area contributed by atoms with Crippen molar-refractivity contribution in [1.82, 2.24) is 0 Å². The Morgan fingerprint density at radius 3 is 2.17 bits per heavy atom. The second-order valence-corrected chi connectivity index (χ2v) is 5.07. The van der Waals surface area contributed by atoms with Crippen molar-refractivity contribution in [1.29, 1.82) is 0 Å². The summed E-state index contributed by atoms with van der Waals surface area (Å²) in [7, 11) is 0. The van der Waals surface area contributed by atoms with E-state index in [0.29, 0.717) is 16.5 Å². The Labute approximate surface area is 141 Å². The number of carbonyl (C=O) groups excluding carboxylic acids is 1. The van der Waals surface area contributed by atoms with Gasteiger partial charge in [-0.15, -0.1) is 13.2 Å². The molecule has 0 radical (unpaired) electrons. The number of urea groups is 1. The molecule has 2 amide bonds. The summed E-state index contributed by atoms with van der Waals surface area (Å²) in [5.74, 6) is 3.71. The summed E-state index contributed by atoms with van der Waals surface area (Å²) < 4.78 is 0. The fourth-order valence-corrected chi connectivity index (χ4v) is 1.98. The number of aryl methyl sites for hydroxylation is 2. The summed E-state index contributed by atoms with van der Waals surface area (Å²) in [6.45, 7) is 10.0. The maximum absolute atomic E-state index is 12.0. The first kappa shape index (κ1) is 18.5. The molecule has 0 atom stereocenters. The Bertz CT molecular complexity index is 690. The molecule has 5 N–H and O–H groups in total. The average Bonchev–Trinajstić information content (AvgIpc) is 2.54. The third kappa shape index (κ3) is 5.32. The van der Waals surface area contributed by atoms with Gasteiger partial charge in [-0.25, -0.2) is 4.79 Å². The third-order valence-corrected chi connectivity index (χ3v) is 3.42. The van der Waals surface area contributed by atoms with Gasteiger partial charge in [0, 0.05) is 17.4 Å². The average molecular weight is 335 g/mol. The Balaban J connectivity index is 0.00000127. The van der Waals surface area contributed by atoms with Crippen LogP contribution in [0, 0.1) is 13.8 Å². The molecular formula is C17H21ClN3O2+. The Morgan fingerprint density at radius 2 is 1.61 bits per heavy atom. The lowest BCUT2D eigenvalue weighted by Gasteiger charge is -2.10. The molecule has 6 heteroatoms. The Hall–Kier alpha value is -2.50. The number of quaternary nitrogens is 1. The molecule has 0 saturated heterocycles. The van der Waals surface area contributed by atoms with Crippen LogP contribution >= 0.6 is 11.6 Å². The zero-order chi connectivity index (χ0) is 17.4. The summed E-state index contributed by atoms with van der Waals surface area (Å²) in [5, 5.41) is 5.92. The molecule has 0 aliphatic heterocycles. The molecule has 23 heavy (non-hydrogen) atoms. The topological polar surface area (TPSA) is 78.0 Å². The maximum Gasteiger partial charge on any atom is 0.323 e. The van der Waals surface area contributed by atoms with E-state index in [1.54, 1.807) is 18.2 Å². The first-order valence-electron chi connectivity index (χ1n) is 6.86. The summed E-state index contributed by atoms with van der Waals surface area (Å²) in [5.41, 5.74) is 3.60. The van der Waals surface area contributed by atoms with E-state index in [2.05, 4.69) is 29.7 Å². The van der Waals surface area contributed by atoms with Crippen LogP contribution in [0.5, 0.6) is 5.75 Å². The second-order valence-electron chi connectivity index (χ2n) is 4.67. The van der Waals surface area contributed by atoms with Crippen LogP contribution in [0.3, 0.4) is 0 Å². The van der Waals surface area contributed by atoms with E-state index >= 15 is 0 Å². The van der Waals surface area contributed by atoms with Gasteiger partial charge in [-0.2, -0.15) is 5.90 Å². The molecule has 0 aromatic heterocycles. The van der Waals surface area contributed by atoms with Gasteiger partial charge in [-0.3, -0.25) is 0 Å². The van der Waals surface area contributed by atoms with Crippen LogP contribution < -0.4 is 21.4 Å². The summed E-state index contributed by atoms with van der Waals surface area (Å²) in [4.78, 5) is 16.8. The number of rotatable bonds is 3. The van der Waals surface area contributed by atoms with E-state index in [1.807, 2.05) is 32.0 Å². The molecule has 0 fully saturated rings. The standard InChI is InChI=1S/C15H16ClN3O2.C2H4/c1-9-3-4-11(7-10(9)2)18-15(20)19-12-5-6-13(16)14(8-12)21-17;1-2/h3-8H,1-2,17H3,(H-,18,19,20);1-2H2/p+1. The largest absolute Gasteiger partial charge is 0.323 e. The van der Waals surface area contributed by atoms with Gasteiger partial charge in [0.1, 0.15) is 0 Å². The third-order valence-electron chi connectivity index (χ3n) is 3.11. The molecule has 122 valence electrons. The molecule has 0 unspecified atom stereocenters. The van der Waals surface area contributed by atoms with Gasteiger partial charge in [0.2, 0.25) is 5.75 Å². The minimum Gasteiger partial charge on any atom is -0.319 e. The summed E-state index contributed by atoms with van der Waals surface area (Å²) in [6, 6.07) is 10.3. The van der Waals surface area contributed by atoms with Gasteiger partial charge in [-0.05, 0) is 49.2 Å². The molecule has 5 nitrogen and oxygen atoms in total. The smallest absolute Gasteiger partial charge is 0.319 e. The van der Waals surface area contributed by atoms with Gasteiger partial charge in [0.05, 0.1) is 5.02 Å². The maximum atomic E-state index is 12.0. The van der Waals surface area contributed by atoms with Crippen molar-refractivity contribution >= 4 is 29.0 Å². The van der Waals surface area contributed by atoms with E-state index in [9.17, 15) is 4.79 Å². The monoisotopic (exact) mass is 334 g/mol. The molecule has 2 rings (SSSR count). The van der Waals surface area contributed by atoms with Crippen molar-refractivity contribution in [3.63, 3.8) is 0 Å². The van der Waals surface area contributed by atoms with Crippen LogP contribution in [0.2, 0.25) is 5.02 Å². The molecular weight excluding hydrogens is 314 g/mol. The van der Waals surface area contributed by atoms with Crippen LogP contribution in [0.15, 0.2) is 49.6 Å². The highest BCUT2D eigenvalue weighted by Crippen LogP contribution is 2.26. The van der Waals surface area contributed by atoms with Gasteiger partial charge < -0.3 is 15.5 Å². The van der Waals surface area contributed by atoms with Gasteiger partial charge in [-0.1, -0.05) is 17.7 Å². The van der Waals surface area contributed by atoms with E-state index in [0.717, 1.165) is 11.3 Å². The van der Waals surface area contributed by atoms with Crippen LogP contribution in [0.4, 0.5) is 16.2 Å². The zero-order valence-electron chi connectivity index (χ0n) is 13.3. The van der Waals surface area contributed by atoms with Crippen LogP contribution in [-0.2, 0) is 0 Å². The highest BCUT2D eigenvalue weighted by atomic mass is 35.5. The van der Waals surface area contributed by atoms with E-state index in [1.165, 1.54) is 5.56 Å². The Kier molecular flexibility index (Phi) is 7.12. The van der Waals surface area contributed by atoms with E-state index in [4.69, 9.17) is 16.4 Å². The lowest BCUT2D eigenvalue weighted by molar-refractivity contribution is -0.635. The second kappa shape index (κ2) is 8.82. The minimum atomic E-state index is -0.337. The quantitative estimate of drug-likeness (QED) is 0.587. The number of amides is 2. The number of hydrogen-bond acceptors (Lipinski definition) is 2. The lowest BCUT2D eigenvalue weighted by atomic mass is 10.1. The first-order valence-corrected chi connectivity index (χ1v) is 7.24. The fourth-order valence-electron chi connectivity index (χ4n) is 1.80. The molecule has 0 saturated carbocycles.